The molecule has 25 heavy (non-hydrogen) atoms. The number of carbonyl (C=O) groups excluding carboxylic acids is 1. The molecule has 1 fully saturated rings. The predicted molar refractivity (Wildman–Crippen MR) is 91.0 cm³/mol. The second-order valence-corrected chi connectivity index (χ2v) is 5.95. The number of nitriles is 1. The Kier molecular flexibility index (Phi) is 4.95. The number of anilines is 1. The van der Waals surface area contributed by atoms with E-state index in [-0.39, 0.29) is 18.1 Å². The van der Waals surface area contributed by atoms with E-state index >= 15 is 0 Å². The van der Waals surface area contributed by atoms with Gasteiger partial charge in [0.2, 0.25) is 0 Å². The molecular weight excluding hydrogens is 320 g/mol. The molecule has 0 bridgehead atoms. The van der Waals surface area contributed by atoms with Crippen molar-refractivity contribution >= 4 is 11.7 Å². The highest BCUT2D eigenvalue weighted by Crippen LogP contribution is 2.24. The molecule has 0 radical (unpaired) electrons. The second kappa shape index (κ2) is 7.32. The molecule has 1 saturated heterocycles. The van der Waals surface area contributed by atoms with Crippen LogP contribution in [0, 0.1) is 11.3 Å². The Morgan fingerprint density at radius 1 is 1.48 bits per heavy atom. The Labute approximate surface area is 146 Å². The van der Waals surface area contributed by atoms with Gasteiger partial charge in [-0.3, -0.25) is 4.79 Å². The Bertz CT molecular complexity index is 782. The van der Waals surface area contributed by atoms with Gasteiger partial charge in [0.05, 0.1) is 12.1 Å². The molecule has 3 heterocycles. The van der Waals surface area contributed by atoms with Gasteiger partial charge in [-0.1, -0.05) is 0 Å². The Morgan fingerprint density at radius 2 is 2.32 bits per heavy atom. The lowest BCUT2D eigenvalue weighted by molar-refractivity contribution is 0.0938. The number of ether oxygens (including phenoxy) is 1. The number of amides is 1. The minimum Gasteiger partial charge on any atom is -0.380 e. The molecule has 1 aliphatic heterocycles. The van der Waals surface area contributed by atoms with Crippen molar-refractivity contribution in [3.63, 3.8) is 0 Å². The molecule has 130 valence electrons. The fourth-order valence-electron chi connectivity index (χ4n) is 3.12. The summed E-state index contributed by atoms with van der Waals surface area (Å²) < 4.78 is 7.07. The number of nitrogens with zero attached hydrogens (tertiary/aromatic N) is 5. The molecule has 1 amide bonds. The van der Waals surface area contributed by atoms with Gasteiger partial charge in [-0.25, -0.2) is 9.97 Å². The SMILES string of the molecule is CO[C@@H]1C[C@H](CNC(=O)c2ccc(C#N)n2C)N(c2ccncn2)C1. The molecule has 2 atom stereocenters. The van der Waals surface area contributed by atoms with Gasteiger partial charge >= 0.3 is 0 Å². The summed E-state index contributed by atoms with van der Waals surface area (Å²) in [6, 6.07) is 7.28. The van der Waals surface area contributed by atoms with Crippen LogP contribution in [0.2, 0.25) is 0 Å². The minimum atomic E-state index is -0.201. The molecule has 8 heteroatoms. The van der Waals surface area contributed by atoms with E-state index in [4.69, 9.17) is 10.00 Å². The molecule has 8 nitrogen and oxygen atoms in total. The molecule has 1 aliphatic rings. The van der Waals surface area contributed by atoms with E-state index < -0.39 is 0 Å². The molecule has 1 N–H and O–H groups in total. The lowest BCUT2D eigenvalue weighted by atomic mass is 10.2. The van der Waals surface area contributed by atoms with E-state index in [1.807, 2.05) is 6.07 Å². The molecule has 3 rings (SSSR count). The lowest BCUT2D eigenvalue weighted by Crippen LogP contribution is -2.41. The van der Waals surface area contributed by atoms with Crippen LogP contribution in [0.15, 0.2) is 30.7 Å². The molecule has 0 aliphatic carbocycles. The smallest absolute Gasteiger partial charge is 0.268 e. The normalized spacial score (nSPS) is 19.6. The van der Waals surface area contributed by atoms with Crippen molar-refractivity contribution in [2.45, 2.75) is 18.6 Å². The summed E-state index contributed by atoms with van der Waals surface area (Å²) >= 11 is 0. The number of carbonyl (C=O) groups is 1. The topological polar surface area (TPSA) is 96.1 Å². The van der Waals surface area contributed by atoms with E-state index in [9.17, 15) is 4.79 Å². The van der Waals surface area contributed by atoms with Gasteiger partial charge < -0.3 is 19.5 Å². The predicted octanol–water partition coefficient (Wildman–Crippen LogP) is 0.710. The van der Waals surface area contributed by atoms with E-state index in [1.165, 1.54) is 6.33 Å². The summed E-state index contributed by atoms with van der Waals surface area (Å²) in [5, 5.41) is 12.0. The Hall–Kier alpha value is -2.92. The highest BCUT2D eigenvalue weighted by Gasteiger charge is 2.33. The van der Waals surface area contributed by atoms with Crippen LogP contribution in [0.25, 0.3) is 0 Å². The van der Waals surface area contributed by atoms with Gasteiger partial charge in [-0.05, 0) is 24.6 Å². The number of nitrogens with one attached hydrogen (secondary N) is 1. The summed E-state index contributed by atoms with van der Waals surface area (Å²) in [7, 11) is 3.40. The first kappa shape index (κ1) is 16.9. The lowest BCUT2D eigenvalue weighted by Gasteiger charge is -2.25. The monoisotopic (exact) mass is 340 g/mol. The summed E-state index contributed by atoms with van der Waals surface area (Å²) in [5.74, 6) is 0.618. The largest absolute Gasteiger partial charge is 0.380 e. The second-order valence-electron chi connectivity index (χ2n) is 5.95. The quantitative estimate of drug-likeness (QED) is 0.861. The number of rotatable bonds is 5. The van der Waals surface area contributed by atoms with Gasteiger partial charge in [-0.2, -0.15) is 5.26 Å². The third kappa shape index (κ3) is 3.46. The van der Waals surface area contributed by atoms with E-state index in [1.54, 1.807) is 37.1 Å². The summed E-state index contributed by atoms with van der Waals surface area (Å²) in [6.45, 7) is 1.19. The van der Waals surface area contributed by atoms with Crippen LogP contribution >= 0.6 is 0 Å². The number of aromatic nitrogens is 3. The zero-order valence-electron chi connectivity index (χ0n) is 14.2. The van der Waals surface area contributed by atoms with E-state index in [0.717, 1.165) is 18.8 Å². The van der Waals surface area contributed by atoms with Crippen molar-refractivity contribution in [2.24, 2.45) is 7.05 Å². The van der Waals surface area contributed by atoms with Crippen LogP contribution in [0.3, 0.4) is 0 Å². The summed E-state index contributed by atoms with van der Waals surface area (Å²) in [6.07, 6.45) is 4.11. The third-order valence-corrected chi connectivity index (χ3v) is 4.54. The van der Waals surface area contributed by atoms with Crippen molar-refractivity contribution in [1.29, 1.82) is 5.26 Å². The minimum absolute atomic E-state index is 0.0829. The first-order valence-corrected chi connectivity index (χ1v) is 8.03. The highest BCUT2D eigenvalue weighted by molar-refractivity contribution is 5.93. The van der Waals surface area contributed by atoms with Crippen molar-refractivity contribution in [1.82, 2.24) is 19.9 Å². The number of methoxy groups -OCH3 is 1. The van der Waals surface area contributed by atoms with E-state index in [0.29, 0.717) is 17.9 Å². The fourth-order valence-corrected chi connectivity index (χ4v) is 3.12. The van der Waals surface area contributed by atoms with Crippen LogP contribution in [0.1, 0.15) is 22.6 Å². The van der Waals surface area contributed by atoms with Crippen LogP contribution < -0.4 is 10.2 Å². The molecule has 0 saturated carbocycles. The maximum absolute atomic E-state index is 12.4. The summed E-state index contributed by atoms with van der Waals surface area (Å²) in [4.78, 5) is 22.8. The van der Waals surface area contributed by atoms with Gasteiger partial charge in [0.25, 0.3) is 5.91 Å². The van der Waals surface area contributed by atoms with Crippen LogP contribution in [-0.2, 0) is 11.8 Å². The van der Waals surface area contributed by atoms with Crippen molar-refractivity contribution in [3.8, 4) is 6.07 Å². The Morgan fingerprint density at radius 3 is 2.96 bits per heavy atom. The van der Waals surface area contributed by atoms with Crippen LogP contribution in [-0.4, -0.2) is 52.8 Å². The standard InChI is InChI=1S/C17H20N6O2/c1-22-12(8-18)3-4-15(22)17(24)20-9-13-7-14(25-2)10-23(13)16-5-6-19-11-21-16/h3-6,11,13-14H,7,9-10H2,1-2H3,(H,20,24)/t13-,14-/m1/s1. The molecule has 0 spiro atoms. The first-order valence-electron chi connectivity index (χ1n) is 8.03. The summed E-state index contributed by atoms with van der Waals surface area (Å²) in [5.41, 5.74) is 0.916. The zero-order valence-corrected chi connectivity index (χ0v) is 14.2. The zero-order chi connectivity index (χ0) is 17.8. The third-order valence-electron chi connectivity index (χ3n) is 4.54. The maximum atomic E-state index is 12.4. The number of hydrogen-bond acceptors (Lipinski definition) is 6. The van der Waals surface area contributed by atoms with Crippen molar-refractivity contribution in [3.05, 3.63) is 42.1 Å². The Balaban J connectivity index is 1.69. The van der Waals surface area contributed by atoms with Crippen molar-refractivity contribution < 1.29 is 9.53 Å². The average Bonchev–Trinajstić information content (AvgIpc) is 3.23. The van der Waals surface area contributed by atoms with Gasteiger partial charge in [0, 0.05) is 33.4 Å². The van der Waals surface area contributed by atoms with E-state index in [2.05, 4.69) is 26.3 Å². The van der Waals surface area contributed by atoms with Gasteiger partial charge in [-0.15, -0.1) is 0 Å². The fraction of sp³-hybridized carbons (Fsp3) is 0.412. The van der Waals surface area contributed by atoms with Crippen molar-refractivity contribution in [2.75, 3.05) is 25.1 Å². The average molecular weight is 340 g/mol. The molecular formula is C17H20N6O2. The molecule has 2 aromatic rings. The first-order chi connectivity index (χ1) is 12.1. The van der Waals surface area contributed by atoms with Crippen LogP contribution in [0.4, 0.5) is 5.82 Å². The highest BCUT2D eigenvalue weighted by atomic mass is 16.5. The molecule has 0 aromatic carbocycles. The van der Waals surface area contributed by atoms with Gasteiger partial charge in [0.15, 0.2) is 0 Å². The molecule has 2 aromatic heterocycles. The molecule has 0 unspecified atom stereocenters. The number of hydrogen-bond donors (Lipinski definition) is 1. The van der Waals surface area contributed by atoms with Crippen LogP contribution in [0.5, 0.6) is 0 Å². The van der Waals surface area contributed by atoms with Gasteiger partial charge in [0.1, 0.15) is 29.6 Å². The maximum Gasteiger partial charge on any atom is 0.268 e.